The van der Waals surface area contributed by atoms with Gasteiger partial charge < -0.3 is 38.5 Å². The summed E-state index contributed by atoms with van der Waals surface area (Å²) in [6.45, 7) is 8.43. The molecule has 0 aliphatic carbocycles. The summed E-state index contributed by atoms with van der Waals surface area (Å²) < 4.78 is 40.7. The predicted molar refractivity (Wildman–Crippen MR) is 171 cm³/mol. The fourth-order valence-electron chi connectivity index (χ4n) is 5.24. The molecule has 0 radical (unpaired) electrons. The topological polar surface area (TPSA) is 76.6 Å². The van der Waals surface area contributed by atoms with Crippen LogP contribution in [0.15, 0.2) is 91.0 Å². The zero-order valence-corrected chi connectivity index (χ0v) is 25.9. The van der Waals surface area contributed by atoms with Gasteiger partial charge in [-0.3, -0.25) is 0 Å². The van der Waals surface area contributed by atoms with Crippen LogP contribution in [0.5, 0.6) is 0 Å². The average Bonchev–Trinajstić information content (AvgIpc) is 3.09. The van der Waals surface area contributed by atoms with Gasteiger partial charge in [0.25, 0.3) is 0 Å². The van der Waals surface area contributed by atoms with E-state index < -0.39 is 5.60 Å². The van der Waals surface area contributed by atoms with Crippen molar-refractivity contribution in [2.45, 2.75) is 24.5 Å². The van der Waals surface area contributed by atoms with Crippen LogP contribution in [0.2, 0.25) is 0 Å². The zero-order chi connectivity index (χ0) is 30.4. The van der Waals surface area contributed by atoms with Crippen LogP contribution in [0.25, 0.3) is 0 Å². The fraction of sp³-hybridized carbons (Fsp3) is 0.500. The summed E-state index contributed by atoms with van der Waals surface area (Å²) in [5.74, 6) is 0. The van der Waals surface area contributed by atoms with Crippen molar-refractivity contribution in [3.05, 3.63) is 108 Å². The minimum Gasteiger partial charge on any atom is -0.377 e. The quantitative estimate of drug-likeness (QED) is 0.121. The molecule has 1 aliphatic heterocycles. The van der Waals surface area contributed by atoms with E-state index in [2.05, 4.69) is 41.7 Å². The van der Waals surface area contributed by atoms with Crippen LogP contribution in [0.4, 0.5) is 0 Å². The molecule has 1 aliphatic rings. The Balaban J connectivity index is 1.02. The van der Waals surface area contributed by atoms with E-state index in [-0.39, 0.29) is 0 Å². The molecule has 1 fully saturated rings. The molecular formula is C36H49NO7. The molecule has 0 spiro atoms. The normalized spacial score (nSPS) is 14.2. The molecule has 8 heteroatoms. The Morgan fingerprint density at radius 2 is 0.795 bits per heavy atom. The lowest BCUT2D eigenvalue weighted by molar-refractivity contribution is -0.0406. The van der Waals surface area contributed by atoms with E-state index in [9.17, 15) is 0 Å². The van der Waals surface area contributed by atoms with Gasteiger partial charge in [0.2, 0.25) is 0 Å². The van der Waals surface area contributed by atoms with Crippen molar-refractivity contribution in [1.82, 2.24) is 5.32 Å². The van der Waals surface area contributed by atoms with Gasteiger partial charge in [-0.1, -0.05) is 91.0 Å². The largest absolute Gasteiger partial charge is 0.377 e. The van der Waals surface area contributed by atoms with Crippen LogP contribution in [-0.4, -0.2) is 98.5 Å². The number of hydrogen-bond acceptors (Lipinski definition) is 8. The minimum absolute atomic E-state index is 0.371. The van der Waals surface area contributed by atoms with Gasteiger partial charge in [0.05, 0.1) is 85.4 Å². The Bertz CT molecular complexity index is 1000. The molecule has 4 rings (SSSR count). The van der Waals surface area contributed by atoms with Crippen molar-refractivity contribution in [3.8, 4) is 0 Å². The summed E-state index contributed by atoms with van der Waals surface area (Å²) in [6, 6.07) is 31.1. The summed E-state index contributed by atoms with van der Waals surface area (Å²) in [4.78, 5) is 0. The fourth-order valence-corrected chi connectivity index (χ4v) is 5.24. The minimum atomic E-state index is -0.737. The van der Waals surface area contributed by atoms with Gasteiger partial charge in [-0.05, 0) is 42.6 Å². The first-order valence-corrected chi connectivity index (χ1v) is 15.9. The van der Waals surface area contributed by atoms with E-state index in [1.54, 1.807) is 0 Å². The van der Waals surface area contributed by atoms with Gasteiger partial charge in [0.15, 0.2) is 0 Å². The smallest absolute Gasteiger partial charge is 0.143 e. The highest BCUT2D eigenvalue weighted by molar-refractivity contribution is 5.47. The van der Waals surface area contributed by atoms with Crippen LogP contribution in [0, 0.1) is 0 Å². The molecule has 0 aromatic heterocycles. The molecule has 0 bridgehead atoms. The third-order valence-corrected chi connectivity index (χ3v) is 7.44. The van der Waals surface area contributed by atoms with Gasteiger partial charge in [0.1, 0.15) is 5.60 Å². The summed E-state index contributed by atoms with van der Waals surface area (Å²) in [5, 5.41) is 3.34. The van der Waals surface area contributed by atoms with Crippen molar-refractivity contribution in [3.63, 3.8) is 0 Å². The first-order valence-electron chi connectivity index (χ1n) is 15.9. The van der Waals surface area contributed by atoms with Gasteiger partial charge in [-0.15, -0.1) is 0 Å². The van der Waals surface area contributed by atoms with Crippen LogP contribution < -0.4 is 5.32 Å². The summed E-state index contributed by atoms with van der Waals surface area (Å²) in [6.07, 6.45) is 2.54. The maximum atomic E-state index is 6.72. The van der Waals surface area contributed by atoms with E-state index in [4.69, 9.17) is 33.2 Å². The summed E-state index contributed by atoms with van der Waals surface area (Å²) in [7, 11) is 0. The van der Waals surface area contributed by atoms with Crippen molar-refractivity contribution in [1.29, 1.82) is 0 Å². The molecule has 1 saturated heterocycles. The van der Waals surface area contributed by atoms with Crippen LogP contribution in [0.1, 0.15) is 29.5 Å². The molecule has 8 nitrogen and oxygen atoms in total. The van der Waals surface area contributed by atoms with Crippen molar-refractivity contribution in [2.75, 3.05) is 92.4 Å². The Morgan fingerprint density at radius 3 is 1.18 bits per heavy atom. The highest BCUT2D eigenvalue weighted by Gasteiger charge is 2.37. The average molecular weight is 608 g/mol. The van der Waals surface area contributed by atoms with Gasteiger partial charge in [-0.25, -0.2) is 0 Å². The molecule has 3 aromatic carbocycles. The van der Waals surface area contributed by atoms with Crippen LogP contribution in [-0.2, 0) is 38.8 Å². The molecule has 0 unspecified atom stereocenters. The van der Waals surface area contributed by atoms with Gasteiger partial charge in [-0.2, -0.15) is 0 Å². The number of ether oxygens (including phenoxy) is 7. The van der Waals surface area contributed by atoms with Crippen LogP contribution >= 0.6 is 0 Å². The SMILES string of the molecule is c1ccc(C(OCCOCCOCCOCCOCCOCCOC2CCNCC2)(c2ccccc2)c2ccccc2)cc1. The third kappa shape index (κ3) is 11.7. The van der Waals surface area contributed by atoms with Gasteiger partial charge >= 0.3 is 0 Å². The second-order valence-electron chi connectivity index (χ2n) is 10.5. The number of benzene rings is 3. The number of hydrogen-bond donors (Lipinski definition) is 1. The standard InChI is InChI=1S/C36H49NO7/c1-4-10-32(11-5-1)36(33-12-6-2-7-13-33,34-14-8-3-9-15-34)44-31-29-42-27-25-40-23-21-38-20-22-39-24-26-41-28-30-43-35-16-18-37-19-17-35/h1-15,35,37H,16-31H2. The monoisotopic (exact) mass is 607 g/mol. The van der Waals surface area contributed by atoms with Crippen LogP contribution in [0.3, 0.4) is 0 Å². The second kappa shape index (κ2) is 21.1. The van der Waals surface area contributed by atoms with Gasteiger partial charge in [0, 0.05) is 0 Å². The second-order valence-corrected chi connectivity index (χ2v) is 10.5. The number of piperidine rings is 1. The Hall–Kier alpha value is -2.66. The lowest BCUT2D eigenvalue weighted by atomic mass is 9.80. The number of nitrogens with one attached hydrogen (secondary N) is 1. The van der Waals surface area contributed by atoms with E-state index >= 15 is 0 Å². The molecule has 44 heavy (non-hydrogen) atoms. The lowest BCUT2D eigenvalue weighted by Gasteiger charge is -2.36. The Morgan fingerprint density at radius 1 is 0.455 bits per heavy atom. The molecule has 3 aromatic rings. The highest BCUT2D eigenvalue weighted by atomic mass is 16.6. The highest BCUT2D eigenvalue weighted by Crippen LogP contribution is 2.40. The zero-order valence-electron chi connectivity index (χ0n) is 25.9. The first-order chi connectivity index (χ1) is 21.9. The Kier molecular flexibility index (Phi) is 16.4. The summed E-state index contributed by atoms with van der Waals surface area (Å²) in [5.41, 5.74) is 2.49. The van der Waals surface area contributed by atoms with E-state index in [0.717, 1.165) is 42.6 Å². The first kappa shape index (κ1) is 34.2. The molecule has 0 atom stereocenters. The maximum absolute atomic E-state index is 6.72. The van der Waals surface area contributed by atoms with Crippen molar-refractivity contribution >= 4 is 0 Å². The molecule has 1 N–H and O–H groups in total. The van der Waals surface area contributed by atoms with Crippen molar-refractivity contribution in [2.24, 2.45) is 0 Å². The molecular weight excluding hydrogens is 558 g/mol. The maximum Gasteiger partial charge on any atom is 0.143 e. The van der Waals surface area contributed by atoms with Crippen molar-refractivity contribution < 1.29 is 33.2 Å². The van der Waals surface area contributed by atoms with E-state index in [1.165, 1.54) is 0 Å². The third-order valence-electron chi connectivity index (χ3n) is 7.44. The number of rotatable bonds is 23. The lowest BCUT2D eigenvalue weighted by Crippen LogP contribution is -2.34. The van der Waals surface area contributed by atoms with E-state index in [0.29, 0.717) is 85.4 Å². The molecule has 240 valence electrons. The Labute approximate surface area is 262 Å². The summed E-state index contributed by atoms with van der Waals surface area (Å²) >= 11 is 0. The molecule has 0 amide bonds. The molecule has 0 saturated carbocycles. The van der Waals surface area contributed by atoms with E-state index in [1.807, 2.05) is 54.6 Å². The molecule has 1 heterocycles. The predicted octanol–water partition coefficient (Wildman–Crippen LogP) is 4.85.